The number of carbonyl (C=O) groups is 1. The molecule has 86 valence electrons. The van der Waals surface area contributed by atoms with Crippen molar-refractivity contribution in [2.75, 3.05) is 13.2 Å². The second-order valence-electron chi connectivity index (χ2n) is 2.99. The molecule has 0 aromatic heterocycles. The summed E-state index contributed by atoms with van der Waals surface area (Å²) in [5.74, 6) is 0.195. The summed E-state index contributed by atoms with van der Waals surface area (Å²) >= 11 is 5.70. The summed E-state index contributed by atoms with van der Waals surface area (Å²) < 4.78 is 10.0. The van der Waals surface area contributed by atoms with E-state index in [1.807, 2.05) is 13.0 Å². The maximum atomic E-state index is 11.2. The van der Waals surface area contributed by atoms with Gasteiger partial charge in [-0.1, -0.05) is 23.8 Å². The molecule has 0 heterocycles. The summed E-state index contributed by atoms with van der Waals surface area (Å²) in [5, 5.41) is 0.628. The Morgan fingerprint density at radius 2 is 2.06 bits per heavy atom. The normalized spacial score (nSPS) is 10.4. The molecule has 0 atom stereocenters. The van der Waals surface area contributed by atoms with Crippen LogP contribution in [0.2, 0.25) is 5.02 Å². The van der Waals surface area contributed by atoms with Gasteiger partial charge in [-0.25, -0.2) is 4.79 Å². The highest BCUT2D eigenvalue weighted by Gasteiger charge is 2.02. The molecule has 0 aliphatic carbocycles. The van der Waals surface area contributed by atoms with Gasteiger partial charge >= 0.3 is 5.97 Å². The molecule has 0 N–H and O–H groups in total. The number of hydrogen-bond acceptors (Lipinski definition) is 3. The molecule has 4 heteroatoms. The molecule has 1 aromatic carbocycles. The molecule has 1 aromatic rings. The summed E-state index contributed by atoms with van der Waals surface area (Å²) in [5.41, 5.74) is 0. The lowest BCUT2D eigenvalue weighted by atomic mass is 10.3. The van der Waals surface area contributed by atoms with Crippen LogP contribution < -0.4 is 4.74 Å². The molecule has 0 aliphatic heterocycles. The SMILES string of the molecule is CC=CCOC(=O)COc1ccc(Cl)cc1. The molecule has 0 aliphatic rings. The average Bonchev–Trinajstić information content (AvgIpc) is 2.29. The minimum atomic E-state index is -0.395. The smallest absolute Gasteiger partial charge is 0.344 e. The predicted octanol–water partition coefficient (Wildman–Crippen LogP) is 2.84. The zero-order valence-electron chi connectivity index (χ0n) is 8.98. The Hall–Kier alpha value is -1.48. The Bertz CT molecular complexity index is 357. The highest BCUT2D eigenvalue weighted by molar-refractivity contribution is 6.30. The fourth-order valence-corrected chi connectivity index (χ4v) is 1.08. The zero-order chi connectivity index (χ0) is 11.8. The van der Waals surface area contributed by atoms with Crippen LogP contribution in [0.1, 0.15) is 6.92 Å². The van der Waals surface area contributed by atoms with Crippen LogP contribution in [-0.2, 0) is 9.53 Å². The standard InChI is InChI=1S/C12H13ClO3/c1-2-3-8-15-12(14)9-16-11-6-4-10(13)5-7-11/h2-7H,8-9H2,1H3. The summed E-state index contributed by atoms with van der Waals surface area (Å²) in [6.07, 6.45) is 3.56. The third-order valence-electron chi connectivity index (χ3n) is 1.75. The van der Waals surface area contributed by atoms with E-state index in [-0.39, 0.29) is 13.2 Å². The number of carbonyl (C=O) groups excluding carboxylic acids is 1. The van der Waals surface area contributed by atoms with Gasteiger partial charge in [0.2, 0.25) is 0 Å². The maximum Gasteiger partial charge on any atom is 0.344 e. The number of halogens is 1. The van der Waals surface area contributed by atoms with Crippen molar-refractivity contribution in [1.82, 2.24) is 0 Å². The van der Waals surface area contributed by atoms with Gasteiger partial charge in [0, 0.05) is 5.02 Å². The first-order valence-corrected chi connectivity index (χ1v) is 5.25. The minimum Gasteiger partial charge on any atom is -0.482 e. The molecule has 1 rings (SSSR count). The highest BCUT2D eigenvalue weighted by Crippen LogP contribution is 2.15. The second-order valence-corrected chi connectivity index (χ2v) is 3.43. The largest absolute Gasteiger partial charge is 0.482 e. The van der Waals surface area contributed by atoms with Crippen LogP contribution in [0.5, 0.6) is 5.75 Å². The van der Waals surface area contributed by atoms with Gasteiger partial charge < -0.3 is 9.47 Å². The van der Waals surface area contributed by atoms with E-state index in [0.29, 0.717) is 10.8 Å². The quantitative estimate of drug-likeness (QED) is 0.587. The molecule has 0 saturated carbocycles. The van der Waals surface area contributed by atoms with Crippen LogP contribution in [0.4, 0.5) is 0 Å². The van der Waals surface area contributed by atoms with Crippen LogP contribution in [0.3, 0.4) is 0 Å². The second kappa shape index (κ2) is 6.90. The fraction of sp³-hybridized carbons (Fsp3) is 0.250. The van der Waals surface area contributed by atoms with E-state index >= 15 is 0 Å². The van der Waals surface area contributed by atoms with Crippen LogP contribution in [-0.4, -0.2) is 19.2 Å². The first kappa shape index (κ1) is 12.6. The summed E-state index contributed by atoms with van der Waals surface area (Å²) in [6.45, 7) is 2.04. The molecule has 16 heavy (non-hydrogen) atoms. The van der Waals surface area contributed by atoms with Gasteiger partial charge in [-0.2, -0.15) is 0 Å². The maximum absolute atomic E-state index is 11.2. The number of rotatable bonds is 5. The Morgan fingerprint density at radius 1 is 1.38 bits per heavy atom. The molecule has 0 fully saturated rings. The monoisotopic (exact) mass is 240 g/mol. The molecule has 0 radical (unpaired) electrons. The molecular formula is C12H13ClO3. The van der Waals surface area contributed by atoms with Crippen LogP contribution in [0, 0.1) is 0 Å². The van der Waals surface area contributed by atoms with Gasteiger partial charge in [0.15, 0.2) is 6.61 Å². The number of benzene rings is 1. The number of ether oxygens (including phenoxy) is 2. The Labute approximate surface area is 99.6 Å². The molecule has 3 nitrogen and oxygen atoms in total. The lowest BCUT2D eigenvalue weighted by Crippen LogP contribution is -2.14. The van der Waals surface area contributed by atoms with Crippen molar-refractivity contribution in [2.24, 2.45) is 0 Å². The average molecular weight is 241 g/mol. The Morgan fingerprint density at radius 3 is 2.69 bits per heavy atom. The van der Waals surface area contributed by atoms with Crippen LogP contribution >= 0.6 is 11.6 Å². The topological polar surface area (TPSA) is 35.5 Å². The van der Waals surface area contributed by atoms with Gasteiger partial charge in [-0.05, 0) is 31.2 Å². The summed E-state index contributed by atoms with van der Waals surface area (Å²) in [6, 6.07) is 6.78. The van der Waals surface area contributed by atoms with E-state index < -0.39 is 5.97 Å². The molecular weight excluding hydrogens is 228 g/mol. The highest BCUT2D eigenvalue weighted by atomic mass is 35.5. The molecule has 0 unspecified atom stereocenters. The fourth-order valence-electron chi connectivity index (χ4n) is 0.952. The lowest BCUT2D eigenvalue weighted by Gasteiger charge is -2.05. The van der Waals surface area contributed by atoms with Gasteiger partial charge in [-0.15, -0.1) is 0 Å². The zero-order valence-corrected chi connectivity index (χ0v) is 9.74. The van der Waals surface area contributed by atoms with Crippen molar-refractivity contribution in [3.63, 3.8) is 0 Å². The first-order chi connectivity index (χ1) is 7.72. The van der Waals surface area contributed by atoms with Gasteiger partial charge in [0.05, 0.1) is 0 Å². The van der Waals surface area contributed by atoms with Crippen molar-refractivity contribution < 1.29 is 14.3 Å². The molecule has 0 amide bonds. The van der Waals surface area contributed by atoms with E-state index in [4.69, 9.17) is 21.1 Å². The number of esters is 1. The van der Waals surface area contributed by atoms with E-state index in [0.717, 1.165) is 0 Å². The van der Waals surface area contributed by atoms with Crippen molar-refractivity contribution >= 4 is 17.6 Å². The van der Waals surface area contributed by atoms with Crippen molar-refractivity contribution in [3.8, 4) is 5.75 Å². The van der Waals surface area contributed by atoms with E-state index in [1.165, 1.54) is 0 Å². The van der Waals surface area contributed by atoms with E-state index in [2.05, 4.69) is 0 Å². The van der Waals surface area contributed by atoms with Gasteiger partial charge in [0.1, 0.15) is 12.4 Å². The van der Waals surface area contributed by atoms with Crippen LogP contribution in [0.15, 0.2) is 36.4 Å². The molecule has 0 spiro atoms. The predicted molar refractivity (Wildman–Crippen MR) is 62.7 cm³/mol. The van der Waals surface area contributed by atoms with Crippen molar-refractivity contribution in [3.05, 3.63) is 41.4 Å². The van der Waals surface area contributed by atoms with Gasteiger partial charge in [0.25, 0.3) is 0 Å². The lowest BCUT2D eigenvalue weighted by molar-refractivity contribution is -0.144. The number of hydrogen-bond donors (Lipinski definition) is 0. The third-order valence-corrected chi connectivity index (χ3v) is 2.00. The molecule has 0 saturated heterocycles. The summed E-state index contributed by atoms with van der Waals surface area (Å²) in [7, 11) is 0. The Balaban J connectivity index is 2.28. The van der Waals surface area contributed by atoms with E-state index in [1.54, 1.807) is 30.3 Å². The van der Waals surface area contributed by atoms with E-state index in [9.17, 15) is 4.79 Å². The first-order valence-electron chi connectivity index (χ1n) is 4.87. The van der Waals surface area contributed by atoms with Crippen molar-refractivity contribution in [1.29, 1.82) is 0 Å². The molecule has 0 bridgehead atoms. The third kappa shape index (κ3) is 4.84. The number of allylic oxidation sites excluding steroid dienone is 1. The van der Waals surface area contributed by atoms with Gasteiger partial charge in [-0.3, -0.25) is 0 Å². The van der Waals surface area contributed by atoms with Crippen LogP contribution in [0.25, 0.3) is 0 Å². The van der Waals surface area contributed by atoms with Crippen molar-refractivity contribution in [2.45, 2.75) is 6.92 Å². The minimum absolute atomic E-state index is 0.0980. The summed E-state index contributed by atoms with van der Waals surface area (Å²) in [4.78, 5) is 11.2. The Kier molecular flexibility index (Phi) is 5.43.